The molecule has 4 heterocycles. The van der Waals surface area contributed by atoms with E-state index in [1.165, 1.54) is 19.3 Å². The van der Waals surface area contributed by atoms with Gasteiger partial charge in [0, 0.05) is 12.8 Å². The Kier molecular flexibility index (Phi) is 4.40. The highest BCUT2D eigenvalue weighted by atomic mass is 32.2. The molecule has 2 saturated heterocycles. The second-order valence-electron chi connectivity index (χ2n) is 9.34. The van der Waals surface area contributed by atoms with Crippen LogP contribution >= 0.6 is 11.8 Å². The number of ether oxygens (including phenoxy) is 1. The van der Waals surface area contributed by atoms with Crippen LogP contribution in [0.4, 0.5) is 0 Å². The van der Waals surface area contributed by atoms with Crippen LogP contribution < -0.4 is 5.56 Å². The Bertz CT molecular complexity index is 1150. The number of hydrogen-bond acceptors (Lipinski definition) is 6. The smallest absolute Gasteiger partial charge is 0.297 e. The van der Waals surface area contributed by atoms with Crippen molar-refractivity contribution >= 4 is 11.8 Å². The molecule has 2 atom stereocenters. The third-order valence-electron chi connectivity index (χ3n) is 7.24. The Morgan fingerprint density at radius 2 is 1.90 bits per heavy atom. The molecule has 0 radical (unpaired) electrons. The first-order chi connectivity index (χ1) is 15.0. The van der Waals surface area contributed by atoms with Crippen LogP contribution in [0.25, 0.3) is 11.4 Å². The number of rotatable bonds is 5. The summed E-state index contributed by atoms with van der Waals surface area (Å²) in [7, 11) is 1.88. The third kappa shape index (κ3) is 3.09. The van der Waals surface area contributed by atoms with Crippen LogP contribution in [0.2, 0.25) is 0 Å². The molecule has 4 aliphatic rings. The Hall–Kier alpha value is -2.39. The zero-order chi connectivity index (χ0) is 21.2. The van der Waals surface area contributed by atoms with Crippen LogP contribution in [0, 0.1) is 18.8 Å². The van der Waals surface area contributed by atoms with E-state index in [-0.39, 0.29) is 11.2 Å². The van der Waals surface area contributed by atoms with E-state index in [9.17, 15) is 4.79 Å². The summed E-state index contributed by atoms with van der Waals surface area (Å²) < 4.78 is 11.6. The first-order valence-corrected chi connectivity index (χ1v) is 11.9. The Labute approximate surface area is 184 Å². The largest absolute Gasteiger partial charge is 0.371 e. The minimum atomic E-state index is -0.133. The van der Waals surface area contributed by atoms with Crippen molar-refractivity contribution in [2.24, 2.45) is 18.9 Å². The van der Waals surface area contributed by atoms with Crippen LogP contribution in [-0.4, -0.2) is 47.0 Å². The van der Waals surface area contributed by atoms with Gasteiger partial charge in [-0.15, -0.1) is 5.10 Å². The van der Waals surface area contributed by atoms with E-state index in [4.69, 9.17) is 4.74 Å². The maximum absolute atomic E-state index is 13.4. The highest BCUT2D eigenvalue weighted by molar-refractivity contribution is 7.99. The summed E-state index contributed by atoms with van der Waals surface area (Å²) in [5.41, 5.74) is 1.92. The monoisotopic (exact) mass is 438 g/mol. The minimum Gasteiger partial charge on any atom is -0.371 e. The molecule has 9 heteroatoms. The summed E-state index contributed by atoms with van der Waals surface area (Å²) in [5.74, 6) is 2.44. The molecule has 0 N–H and O–H groups in total. The second kappa shape index (κ2) is 7.06. The average molecular weight is 439 g/mol. The van der Waals surface area contributed by atoms with Crippen molar-refractivity contribution in [1.82, 2.24) is 29.6 Å². The number of hydrogen-bond donors (Lipinski definition) is 0. The average Bonchev–Trinajstić information content (AvgIpc) is 3.28. The van der Waals surface area contributed by atoms with Gasteiger partial charge in [0.2, 0.25) is 5.16 Å². The Morgan fingerprint density at radius 3 is 2.61 bits per heavy atom. The maximum atomic E-state index is 13.4. The van der Waals surface area contributed by atoms with Crippen LogP contribution in [0.1, 0.15) is 37.8 Å². The number of tetrazole rings is 1. The van der Waals surface area contributed by atoms with Gasteiger partial charge < -0.3 is 4.74 Å². The molecule has 4 fully saturated rings. The highest BCUT2D eigenvalue weighted by Crippen LogP contribution is 2.54. The van der Waals surface area contributed by atoms with Gasteiger partial charge in [0.1, 0.15) is 0 Å². The van der Waals surface area contributed by atoms with E-state index < -0.39 is 0 Å². The van der Waals surface area contributed by atoms with E-state index in [1.807, 2.05) is 49.0 Å². The van der Waals surface area contributed by atoms with Gasteiger partial charge in [-0.3, -0.25) is 9.48 Å². The van der Waals surface area contributed by atoms with Crippen molar-refractivity contribution < 1.29 is 4.74 Å². The first-order valence-electron chi connectivity index (χ1n) is 11.0. The standard InChI is InChI=1S/C22H26N6O2S/c1-14-19(20(29)28(26(14)2)17-6-4-3-5-7-17)27-21(23-24-25-27)31-13-22-11-15-8-16(12-22)10-18(9-15)30-22/h3-7,15-16,18H,8-13H2,1-2H3. The molecule has 0 amide bonds. The summed E-state index contributed by atoms with van der Waals surface area (Å²) >= 11 is 1.61. The van der Waals surface area contributed by atoms with Gasteiger partial charge in [-0.1, -0.05) is 30.0 Å². The molecule has 7 rings (SSSR count). The summed E-state index contributed by atoms with van der Waals surface area (Å²) in [6.45, 7) is 1.93. The second-order valence-corrected chi connectivity index (χ2v) is 10.3. The fraction of sp³-hybridized carbons (Fsp3) is 0.545. The van der Waals surface area contributed by atoms with Crippen molar-refractivity contribution in [1.29, 1.82) is 0 Å². The molecule has 2 unspecified atom stereocenters. The fourth-order valence-corrected chi connectivity index (χ4v) is 7.11. The number of para-hydroxylation sites is 1. The lowest BCUT2D eigenvalue weighted by Crippen LogP contribution is -2.56. The van der Waals surface area contributed by atoms with E-state index in [0.717, 1.165) is 41.8 Å². The molecule has 162 valence electrons. The zero-order valence-electron chi connectivity index (χ0n) is 17.8. The van der Waals surface area contributed by atoms with Crippen LogP contribution in [0.15, 0.2) is 40.3 Å². The van der Waals surface area contributed by atoms with Crippen molar-refractivity contribution in [2.75, 3.05) is 5.75 Å². The third-order valence-corrected chi connectivity index (χ3v) is 8.42. The van der Waals surface area contributed by atoms with Gasteiger partial charge in [-0.2, -0.15) is 4.68 Å². The minimum absolute atomic E-state index is 0.0633. The molecule has 4 bridgehead atoms. The lowest BCUT2D eigenvalue weighted by molar-refractivity contribution is -0.208. The van der Waals surface area contributed by atoms with Crippen molar-refractivity contribution in [3.63, 3.8) is 0 Å². The number of benzene rings is 1. The fourth-order valence-electron chi connectivity index (χ4n) is 6.07. The van der Waals surface area contributed by atoms with Gasteiger partial charge in [-0.05, 0) is 73.4 Å². The number of nitrogens with zero attached hydrogens (tertiary/aromatic N) is 6. The summed E-state index contributed by atoms with van der Waals surface area (Å²) in [6, 6.07) is 9.63. The summed E-state index contributed by atoms with van der Waals surface area (Å²) in [6.07, 6.45) is 6.52. The predicted molar refractivity (Wildman–Crippen MR) is 117 cm³/mol. The normalized spacial score (nSPS) is 29.0. The van der Waals surface area contributed by atoms with Crippen LogP contribution in [0.3, 0.4) is 0 Å². The molecule has 31 heavy (non-hydrogen) atoms. The molecule has 2 aromatic heterocycles. The highest BCUT2D eigenvalue weighted by Gasteiger charge is 2.52. The van der Waals surface area contributed by atoms with Crippen LogP contribution in [-0.2, 0) is 11.8 Å². The summed E-state index contributed by atoms with van der Waals surface area (Å²) in [5, 5.41) is 13.0. The summed E-state index contributed by atoms with van der Waals surface area (Å²) in [4.78, 5) is 13.4. The lowest BCUT2D eigenvalue weighted by atomic mass is 9.63. The molecule has 3 aromatic rings. The first kappa shape index (κ1) is 19.3. The molecule has 0 spiro atoms. The number of aromatic nitrogens is 6. The zero-order valence-corrected chi connectivity index (χ0v) is 18.6. The Morgan fingerprint density at radius 1 is 1.16 bits per heavy atom. The molecule has 2 aliphatic carbocycles. The van der Waals surface area contributed by atoms with Gasteiger partial charge >= 0.3 is 0 Å². The lowest BCUT2D eigenvalue weighted by Gasteiger charge is -2.56. The molecule has 2 aliphatic heterocycles. The van der Waals surface area contributed by atoms with Crippen molar-refractivity contribution in [3.05, 3.63) is 46.4 Å². The predicted octanol–water partition coefficient (Wildman–Crippen LogP) is 2.90. The van der Waals surface area contributed by atoms with Crippen molar-refractivity contribution in [3.8, 4) is 11.4 Å². The van der Waals surface area contributed by atoms with E-state index >= 15 is 0 Å². The molecule has 1 aromatic carbocycles. The maximum Gasteiger partial charge on any atom is 0.297 e. The van der Waals surface area contributed by atoms with Gasteiger partial charge in [0.05, 0.1) is 23.1 Å². The topological polar surface area (TPSA) is 79.8 Å². The van der Waals surface area contributed by atoms with Crippen molar-refractivity contribution in [2.45, 2.75) is 55.9 Å². The van der Waals surface area contributed by atoms with E-state index in [0.29, 0.717) is 16.9 Å². The van der Waals surface area contributed by atoms with Gasteiger partial charge in [-0.25, -0.2) is 4.68 Å². The molecular weight excluding hydrogens is 412 g/mol. The number of thioether (sulfide) groups is 1. The molecule has 8 nitrogen and oxygen atoms in total. The van der Waals surface area contributed by atoms with Gasteiger partial charge in [0.15, 0.2) is 5.69 Å². The Balaban J connectivity index is 1.31. The van der Waals surface area contributed by atoms with Gasteiger partial charge in [0.25, 0.3) is 5.56 Å². The van der Waals surface area contributed by atoms with E-state index in [2.05, 4.69) is 15.5 Å². The molecule has 2 saturated carbocycles. The quantitative estimate of drug-likeness (QED) is 0.570. The SMILES string of the molecule is Cc1c(-n2nnnc2SCC23CC4CC(CC(C4)O2)C3)c(=O)n(-c2ccccc2)n1C. The van der Waals surface area contributed by atoms with Crippen LogP contribution in [0.5, 0.6) is 0 Å². The van der Waals surface area contributed by atoms with E-state index in [1.54, 1.807) is 21.1 Å². The molecular formula is C22H26N6O2S.